The first kappa shape index (κ1) is 28.6. The average Bonchev–Trinajstić information content (AvgIpc) is 3.22. The van der Waals surface area contributed by atoms with Crippen LogP contribution in [0.2, 0.25) is 0 Å². The van der Waals surface area contributed by atoms with E-state index in [2.05, 4.69) is 25.1 Å². The zero-order valence-corrected chi connectivity index (χ0v) is 23.5. The summed E-state index contributed by atoms with van der Waals surface area (Å²) < 4.78 is 47.4. The molecule has 0 bridgehead atoms. The maximum atomic E-state index is 14.1. The molecular weight excluding hydrogens is 524 g/mol. The number of amides is 1. The van der Waals surface area contributed by atoms with E-state index in [1.54, 1.807) is 66.6 Å². The van der Waals surface area contributed by atoms with Crippen molar-refractivity contribution in [1.29, 1.82) is 0 Å². The van der Waals surface area contributed by atoms with Crippen LogP contribution in [0.15, 0.2) is 52.1 Å². The quantitative estimate of drug-likeness (QED) is 0.398. The first-order valence-corrected chi connectivity index (χ1v) is 14.8. The molecule has 0 radical (unpaired) electrons. The van der Waals surface area contributed by atoms with E-state index in [0.29, 0.717) is 53.6 Å². The first-order chi connectivity index (χ1) is 18.5. The van der Waals surface area contributed by atoms with Gasteiger partial charge in [-0.05, 0) is 44.2 Å². The summed E-state index contributed by atoms with van der Waals surface area (Å²) in [5.74, 6) is -2.80. The SMILES string of the molecule is CNCCN=S(C)(=O)c1cccc(NC(=O)c2c(N3CCCC(F)(F)CC3)ncc(-c3cnn(C)c3)c2C)c1. The molecular formula is C27H35F2N7O2S. The summed E-state index contributed by atoms with van der Waals surface area (Å²) in [7, 11) is 0.940. The van der Waals surface area contributed by atoms with Crippen molar-refractivity contribution in [3.8, 4) is 11.1 Å². The number of anilines is 2. The van der Waals surface area contributed by atoms with Crippen molar-refractivity contribution in [3.63, 3.8) is 0 Å². The fraction of sp³-hybridized carbons (Fsp3) is 0.444. The third-order valence-electron chi connectivity index (χ3n) is 6.81. The number of carbonyl (C=O) groups is 1. The number of rotatable bonds is 8. The summed E-state index contributed by atoms with van der Waals surface area (Å²) >= 11 is 0. The van der Waals surface area contributed by atoms with Gasteiger partial charge in [-0.1, -0.05) is 6.07 Å². The topological polar surface area (TPSA) is 105 Å². The number of nitrogens with zero attached hydrogens (tertiary/aromatic N) is 5. The molecule has 2 aromatic heterocycles. The maximum absolute atomic E-state index is 14.1. The van der Waals surface area contributed by atoms with Crippen LogP contribution in [0.4, 0.5) is 20.3 Å². The normalized spacial score (nSPS) is 16.8. The summed E-state index contributed by atoms with van der Waals surface area (Å²) in [6, 6.07) is 6.81. The molecule has 3 aromatic rings. The van der Waals surface area contributed by atoms with Gasteiger partial charge in [0.15, 0.2) is 0 Å². The summed E-state index contributed by atoms with van der Waals surface area (Å²) in [6.45, 7) is 3.28. The molecule has 1 aromatic carbocycles. The molecule has 0 spiro atoms. The number of likely N-dealkylation sites (N-methyl/N-ethyl adjacent to an activating group) is 1. The monoisotopic (exact) mass is 559 g/mol. The predicted molar refractivity (Wildman–Crippen MR) is 150 cm³/mol. The van der Waals surface area contributed by atoms with Crippen LogP contribution < -0.4 is 15.5 Å². The number of pyridine rings is 1. The molecule has 9 nitrogen and oxygen atoms in total. The van der Waals surface area contributed by atoms with Crippen LogP contribution in [0, 0.1) is 6.92 Å². The van der Waals surface area contributed by atoms with E-state index in [-0.39, 0.29) is 19.4 Å². The Labute approximate surface area is 228 Å². The molecule has 1 saturated heterocycles. The first-order valence-electron chi connectivity index (χ1n) is 12.9. The number of aromatic nitrogens is 3. The Morgan fingerprint density at radius 1 is 1.23 bits per heavy atom. The van der Waals surface area contributed by atoms with E-state index in [4.69, 9.17) is 0 Å². The van der Waals surface area contributed by atoms with Crippen molar-refractivity contribution in [2.45, 2.75) is 37.0 Å². The Hall–Kier alpha value is -3.38. The average molecular weight is 560 g/mol. The molecule has 210 valence electrons. The Kier molecular flexibility index (Phi) is 8.65. The van der Waals surface area contributed by atoms with E-state index < -0.39 is 21.6 Å². The van der Waals surface area contributed by atoms with Crippen LogP contribution >= 0.6 is 0 Å². The number of benzene rings is 1. The van der Waals surface area contributed by atoms with Gasteiger partial charge in [0.25, 0.3) is 5.91 Å². The molecule has 0 saturated carbocycles. The van der Waals surface area contributed by atoms with Gasteiger partial charge in [-0.2, -0.15) is 5.10 Å². The molecule has 12 heteroatoms. The lowest BCUT2D eigenvalue weighted by molar-refractivity contribution is -0.0102. The molecule has 1 aliphatic heterocycles. The number of hydrogen-bond acceptors (Lipinski definition) is 7. The van der Waals surface area contributed by atoms with Crippen LogP contribution in [0.5, 0.6) is 0 Å². The van der Waals surface area contributed by atoms with Gasteiger partial charge >= 0.3 is 0 Å². The largest absolute Gasteiger partial charge is 0.356 e. The van der Waals surface area contributed by atoms with Crippen LogP contribution in [0.3, 0.4) is 0 Å². The van der Waals surface area contributed by atoms with Gasteiger partial charge < -0.3 is 15.5 Å². The zero-order valence-electron chi connectivity index (χ0n) is 22.7. The number of nitrogens with one attached hydrogen (secondary N) is 2. The van der Waals surface area contributed by atoms with Gasteiger partial charge in [0.05, 0.1) is 28.0 Å². The number of carbonyl (C=O) groups excluding carboxylic acids is 1. The third kappa shape index (κ3) is 6.80. The van der Waals surface area contributed by atoms with Crippen LogP contribution in [-0.2, 0) is 16.8 Å². The Morgan fingerprint density at radius 3 is 2.74 bits per heavy atom. The van der Waals surface area contributed by atoms with Gasteiger partial charge in [0.2, 0.25) is 5.92 Å². The van der Waals surface area contributed by atoms with Crippen molar-refractivity contribution in [2.24, 2.45) is 11.4 Å². The fourth-order valence-corrected chi connectivity index (χ4v) is 5.90. The third-order valence-corrected chi connectivity index (χ3v) is 8.61. The molecule has 2 N–H and O–H groups in total. The molecule has 1 fully saturated rings. The number of aryl methyl sites for hydroxylation is 1. The van der Waals surface area contributed by atoms with Gasteiger partial charge in [-0.3, -0.25) is 9.48 Å². The molecule has 1 unspecified atom stereocenters. The molecule has 1 atom stereocenters. The second kappa shape index (κ2) is 11.8. The number of hydrogen-bond donors (Lipinski definition) is 2. The summed E-state index contributed by atoms with van der Waals surface area (Å²) in [4.78, 5) is 20.7. The highest BCUT2D eigenvalue weighted by molar-refractivity contribution is 7.93. The Bertz CT molecular complexity index is 1460. The lowest BCUT2D eigenvalue weighted by Gasteiger charge is -2.26. The lowest BCUT2D eigenvalue weighted by Crippen LogP contribution is -2.30. The minimum atomic E-state index is -2.74. The van der Waals surface area contributed by atoms with E-state index in [1.807, 2.05) is 13.1 Å². The van der Waals surface area contributed by atoms with Crippen molar-refractivity contribution in [1.82, 2.24) is 20.1 Å². The lowest BCUT2D eigenvalue weighted by atomic mass is 9.99. The summed E-state index contributed by atoms with van der Waals surface area (Å²) in [5.41, 5.74) is 2.95. The minimum Gasteiger partial charge on any atom is -0.356 e. The van der Waals surface area contributed by atoms with E-state index in [9.17, 15) is 17.8 Å². The highest BCUT2D eigenvalue weighted by Crippen LogP contribution is 2.34. The highest BCUT2D eigenvalue weighted by Gasteiger charge is 2.33. The van der Waals surface area contributed by atoms with Crippen LogP contribution in [-0.4, -0.2) is 70.3 Å². The number of halogens is 2. The van der Waals surface area contributed by atoms with Crippen molar-refractivity contribution < 1.29 is 17.8 Å². The highest BCUT2D eigenvalue weighted by atomic mass is 32.2. The second-order valence-corrected chi connectivity index (χ2v) is 12.2. The van der Waals surface area contributed by atoms with E-state index >= 15 is 0 Å². The zero-order chi connectivity index (χ0) is 28.2. The van der Waals surface area contributed by atoms with Gasteiger partial charge in [-0.25, -0.2) is 22.3 Å². The van der Waals surface area contributed by atoms with Gasteiger partial charge in [0, 0.05) is 79.9 Å². The van der Waals surface area contributed by atoms with Crippen LogP contribution in [0.1, 0.15) is 35.2 Å². The van der Waals surface area contributed by atoms with Gasteiger partial charge in [-0.15, -0.1) is 0 Å². The van der Waals surface area contributed by atoms with E-state index in [1.165, 1.54) is 0 Å². The molecule has 39 heavy (non-hydrogen) atoms. The van der Waals surface area contributed by atoms with Crippen LogP contribution in [0.25, 0.3) is 11.1 Å². The predicted octanol–water partition coefficient (Wildman–Crippen LogP) is 4.34. The standard InChI is InChI=1S/C27H35F2N7O2S/c1-19-23(20-16-32-35(3)18-20)17-31-25(36-13-6-9-27(28,29)10-14-36)24(19)26(37)34-21-7-5-8-22(15-21)39(4,38)33-12-11-30-2/h5,7-8,15-18,30H,6,9-14H2,1-4H3,(H,34,37). The molecule has 1 amide bonds. The molecule has 3 heterocycles. The minimum absolute atomic E-state index is 0.0907. The fourth-order valence-electron chi connectivity index (χ4n) is 4.64. The Morgan fingerprint density at radius 2 is 2.03 bits per heavy atom. The number of alkyl halides is 2. The van der Waals surface area contributed by atoms with Crippen molar-refractivity contribution in [2.75, 3.05) is 49.7 Å². The van der Waals surface area contributed by atoms with Crippen molar-refractivity contribution in [3.05, 3.63) is 54.0 Å². The van der Waals surface area contributed by atoms with E-state index in [0.717, 1.165) is 11.1 Å². The molecule has 4 rings (SSSR count). The molecule has 1 aliphatic rings. The smallest absolute Gasteiger partial charge is 0.259 e. The summed E-state index contributed by atoms with van der Waals surface area (Å²) in [6.07, 6.45) is 6.56. The maximum Gasteiger partial charge on any atom is 0.259 e. The molecule has 0 aliphatic carbocycles. The Balaban J connectivity index is 1.72. The second-order valence-electron chi connectivity index (χ2n) is 9.84. The summed E-state index contributed by atoms with van der Waals surface area (Å²) in [5, 5.41) is 10.1. The van der Waals surface area contributed by atoms with Crippen molar-refractivity contribution >= 4 is 27.1 Å². The van der Waals surface area contributed by atoms with Gasteiger partial charge in [0.1, 0.15) is 5.82 Å².